The maximum Gasteiger partial charge on any atom is 0.223 e. The van der Waals surface area contributed by atoms with Crippen LogP contribution in [-0.4, -0.2) is 75.4 Å². The minimum absolute atomic E-state index is 0.0811. The number of carbonyl (C=O) groups excluding carboxylic acids is 1. The maximum absolute atomic E-state index is 12.8. The number of ether oxygens (including phenoxy) is 1. The second-order valence-electron chi connectivity index (χ2n) is 9.20. The molecule has 0 aliphatic carbocycles. The van der Waals surface area contributed by atoms with Gasteiger partial charge in [-0.3, -0.25) is 9.69 Å². The number of rotatable bonds is 7. The Morgan fingerprint density at radius 1 is 1.21 bits per heavy atom. The van der Waals surface area contributed by atoms with E-state index in [9.17, 15) is 9.90 Å². The van der Waals surface area contributed by atoms with E-state index in [0.29, 0.717) is 12.4 Å². The van der Waals surface area contributed by atoms with Crippen LogP contribution in [0.3, 0.4) is 0 Å². The van der Waals surface area contributed by atoms with Crippen molar-refractivity contribution in [3.05, 3.63) is 35.4 Å². The predicted octanol–water partition coefficient (Wildman–Crippen LogP) is 1.96. The summed E-state index contributed by atoms with van der Waals surface area (Å²) in [4.78, 5) is 17.4. The van der Waals surface area contributed by atoms with Crippen molar-refractivity contribution in [3.63, 3.8) is 0 Å². The smallest absolute Gasteiger partial charge is 0.223 e. The van der Waals surface area contributed by atoms with E-state index in [-0.39, 0.29) is 23.6 Å². The van der Waals surface area contributed by atoms with Gasteiger partial charge in [-0.2, -0.15) is 0 Å². The van der Waals surface area contributed by atoms with E-state index < -0.39 is 0 Å². The fourth-order valence-electron chi connectivity index (χ4n) is 4.72. The van der Waals surface area contributed by atoms with Gasteiger partial charge in [0.1, 0.15) is 5.82 Å². The van der Waals surface area contributed by atoms with Crippen LogP contribution in [0.5, 0.6) is 11.5 Å². The highest BCUT2D eigenvalue weighted by Crippen LogP contribution is 2.28. The molecule has 0 bridgehead atoms. The van der Waals surface area contributed by atoms with Crippen LogP contribution >= 0.6 is 0 Å². The molecule has 1 fully saturated rings. The normalized spacial score (nSPS) is 19.0. The topological polar surface area (TPSA) is 95.7 Å². The molecule has 33 heavy (non-hydrogen) atoms. The lowest BCUT2D eigenvalue weighted by Crippen LogP contribution is -2.40. The summed E-state index contributed by atoms with van der Waals surface area (Å²) >= 11 is 0. The number of nitrogens with one attached hydrogen (secondary N) is 1. The molecule has 1 saturated heterocycles. The third kappa shape index (κ3) is 5.65. The highest BCUT2D eigenvalue weighted by Gasteiger charge is 2.27. The average molecular weight is 457 g/mol. The van der Waals surface area contributed by atoms with Crippen molar-refractivity contribution in [1.82, 2.24) is 29.9 Å². The molecular formula is C24H36N6O3. The molecule has 1 amide bonds. The van der Waals surface area contributed by atoms with E-state index in [1.165, 1.54) is 0 Å². The maximum atomic E-state index is 12.8. The van der Waals surface area contributed by atoms with E-state index in [4.69, 9.17) is 4.74 Å². The number of aromatic nitrogens is 3. The molecule has 1 atom stereocenters. The zero-order chi connectivity index (χ0) is 23.4. The molecule has 0 unspecified atom stereocenters. The van der Waals surface area contributed by atoms with Crippen molar-refractivity contribution < 1.29 is 14.6 Å². The Labute approximate surface area is 195 Å². The zero-order valence-corrected chi connectivity index (χ0v) is 20.0. The first-order valence-electron chi connectivity index (χ1n) is 12.0. The highest BCUT2D eigenvalue weighted by molar-refractivity contribution is 5.79. The second kappa shape index (κ2) is 10.5. The number of hydrogen-bond acceptors (Lipinski definition) is 7. The Bertz CT molecular complexity index is 954. The van der Waals surface area contributed by atoms with Gasteiger partial charge in [0.2, 0.25) is 5.91 Å². The van der Waals surface area contributed by atoms with Crippen molar-refractivity contribution in [1.29, 1.82) is 0 Å². The number of phenols is 1. The third-order valence-corrected chi connectivity index (χ3v) is 6.71. The van der Waals surface area contributed by atoms with Crippen molar-refractivity contribution in [2.45, 2.75) is 52.2 Å². The van der Waals surface area contributed by atoms with Gasteiger partial charge in [0.25, 0.3) is 0 Å². The number of amides is 1. The highest BCUT2D eigenvalue weighted by atomic mass is 16.5. The van der Waals surface area contributed by atoms with Gasteiger partial charge >= 0.3 is 0 Å². The first kappa shape index (κ1) is 23.5. The molecule has 1 aromatic heterocycles. The largest absolute Gasteiger partial charge is 0.504 e. The number of aromatic hydroxyl groups is 1. The standard InChI is InChI=1S/C24H36N6O3/c1-4-33-21-15-18(5-6-20(21)31)16-29-12-9-22-26-27-23(30(22)14-13-29)17(2)25-24(32)19-7-10-28(3)11-8-19/h5-6,15,17,19,31H,4,7-14,16H2,1-3H3,(H,25,32)/t17-/m0/s1. The summed E-state index contributed by atoms with van der Waals surface area (Å²) in [6, 6.07) is 5.38. The lowest BCUT2D eigenvalue weighted by Gasteiger charge is -2.29. The SMILES string of the molecule is CCOc1cc(CN2CCc3nnc([C@H](C)NC(=O)C4CCN(C)CC4)n3CC2)ccc1O. The van der Waals surface area contributed by atoms with E-state index in [2.05, 4.69) is 36.9 Å². The Kier molecular flexibility index (Phi) is 7.49. The molecule has 3 heterocycles. The van der Waals surface area contributed by atoms with Crippen LogP contribution in [-0.2, 0) is 24.3 Å². The molecule has 9 nitrogen and oxygen atoms in total. The van der Waals surface area contributed by atoms with Crippen LogP contribution in [0.4, 0.5) is 0 Å². The number of piperidine rings is 1. The summed E-state index contributed by atoms with van der Waals surface area (Å²) in [6.07, 6.45) is 2.62. The molecule has 0 saturated carbocycles. The summed E-state index contributed by atoms with van der Waals surface area (Å²) in [5.41, 5.74) is 1.10. The van der Waals surface area contributed by atoms with Crippen LogP contribution in [0, 0.1) is 5.92 Å². The summed E-state index contributed by atoms with van der Waals surface area (Å²) < 4.78 is 7.69. The van der Waals surface area contributed by atoms with E-state index in [0.717, 1.165) is 75.7 Å². The van der Waals surface area contributed by atoms with Crippen LogP contribution in [0.15, 0.2) is 18.2 Å². The first-order chi connectivity index (χ1) is 15.9. The van der Waals surface area contributed by atoms with Gasteiger partial charge in [0.05, 0.1) is 12.6 Å². The molecule has 2 N–H and O–H groups in total. The number of nitrogens with zero attached hydrogens (tertiary/aromatic N) is 5. The van der Waals surface area contributed by atoms with Crippen LogP contribution in [0.1, 0.15) is 49.9 Å². The van der Waals surface area contributed by atoms with Gasteiger partial charge in [0, 0.05) is 38.5 Å². The molecular weight excluding hydrogens is 420 g/mol. The lowest BCUT2D eigenvalue weighted by atomic mass is 9.96. The number of likely N-dealkylation sites (tertiary alicyclic amines) is 1. The molecule has 1 aromatic carbocycles. The lowest BCUT2D eigenvalue weighted by molar-refractivity contribution is -0.127. The van der Waals surface area contributed by atoms with Crippen molar-refractivity contribution in [2.24, 2.45) is 5.92 Å². The Hall–Kier alpha value is -2.65. The first-order valence-corrected chi connectivity index (χ1v) is 12.0. The molecule has 0 spiro atoms. The number of carbonyl (C=O) groups is 1. The van der Waals surface area contributed by atoms with Gasteiger partial charge in [-0.25, -0.2) is 0 Å². The fraction of sp³-hybridized carbons (Fsp3) is 0.625. The minimum Gasteiger partial charge on any atom is -0.504 e. The Balaban J connectivity index is 1.36. The quantitative estimate of drug-likeness (QED) is 0.658. The van der Waals surface area contributed by atoms with Crippen LogP contribution in [0.25, 0.3) is 0 Å². The monoisotopic (exact) mass is 456 g/mol. The summed E-state index contributed by atoms with van der Waals surface area (Å²) in [5.74, 6) is 2.70. The summed E-state index contributed by atoms with van der Waals surface area (Å²) in [5, 5.41) is 22.0. The molecule has 0 radical (unpaired) electrons. The Morgan fingerprint density at radius 2 is 2.00 bits per heavy atom. The number of benzene rings is 1. The average Bonchev–Trinajstić information content (AvgIpc) is 3.11. The van der Waals surface area contributed by atoms with Crippen molar-refractivity contribution in [2.75, 3.05) is 39.8 Å². The molecule has 2 aliphatic rings. The van der Waals surface area contributed by atoms with Gasteiger partial charge in [-0.15, -0.1) is 10.2 Å². The van der Waals surface area contributed by atoms with Gasteiger partial charge in [0.15, 0.2) is 17.3 Å². The summed E-state index contributed by atoms with van der Waals surface area (Å²) in [7, 11) is 2.10. The minimum atomic E-state index is -0.171. The Morgan fingerprint density at radius 3 is 2.76 bits per heavy atom. The molecule has 2 aliphatic heterocycles. The molecule has 2 aromatic rings. The number of phenolic OH excluding ortho intramolecular Hbond substituents is 1. The van der Waals surface area contributed by atoms with Crippen molar-refractivity contribution >= 4 is 5.91 Å². The third-order valence-electron chi connectivity index (χ3n) is 6.71. The number of fused-ring (bicyclic) bond motifs is 1. The molecule has 9 heteroatoms. The number of hydrogen-bond donors (Lipinski definition) is 2. The van der Waals surface area contributed by atoms with Gasteiger partial charge < -0.3 is 24.6 Å². The van der Waals surface area contributed by atoms with Gasteiger partial charge in [-0.1, -0.05) is 6.07 Å². The zero-order valence-electron chi connectivity index (χ0n) is 20.0. The van der Waals surface area contributed by atoms with E-state index in [1.807, 2.05) is 26.0 Å². The van der Waals surface area contributed by atoms with E-state index in [1.54, 1.807) is 6.07 Å². The van der Waals surface area contributed by atoms with E-state index >= 15 is 0 Å². The fourth-order valence-corrected chi connectivity index (χ4v) is 4.72. The van der Waals surface area contributed by atoms with Crippen molar-refractivity contribution in [3.8, 4) is 11.5 Å². The predicted molar refractivity (Wildman–Crippen MR) is 125 cm³/mol. The van der Waals surface area contributed by atoms with Gasteiger partial charge in [-0.05, 0) is 64.5 Å². The molecule has 4 rings (SSSR count). The second-order valence-corrected chi connectivity index (χ2v) is 9.20. The van der Waals surface area contributed by atoms with Crippen LogP contribution in [0.2, 0.25) is 0 Å². The van der Waals surface area contributed by atoms with Crippen LogP contribution < -0.4 is 10.1 Å². The summed E-state index contributed by atoms with van der Waals surface area (Å²) in [6.45, 7) is 9.65. The molecule has 180 valence electrons.